The number of carbonyl (C=O) groups excluding carboxylic acids is 1. The van der Waals surface area contributed by atoms with Gasteiger partial charge in [-0.1, -0.05) is 30.0 Å². The number of benzene rings is 1. The maximum absolute atomic E-state index is 12.6. The van der Waals surface area contributed by atoms with Crippen LogP contribution in [0.2, 0.25) is 0 Å². The number of hydrogen-bond donors (Lipinski definition) is 1. The van der Waals surface area contributed by atoms with E-state index in [1.54, 1.807) is 11.3 Å². The quantitative estimate of drug-likeness (QED) is 0.841. The standard InChI is InChI=1S/C21H28N2OS/c1-16-11-17(2)13-19(12-16)21(24)22-14-20(18-7-10-25-15-18)23-8-5-3-4-6-9-23/h7,10-13,15,20H,3-6,8-9,14H2,1-2H3,(H,22,24). The molecular weight excluding hydrogens is 328 g/mol. The lowest BCUT2D eigenvalue weighted by Crippen LogP contribution is -2.38. The molecule has 3 rings (SSSR count). The molecule has 2 aromatic rings. The van der Waals surface area contributed by atoms with E-state index in [9.17, 15) is 4.79 Å². The molecule has 0 radical (unpaired) electrons. The van der Waals surface area contributed by atoms with Gasteiger partial charge in [-0.2, -0.15) is 11.3 Å². The van der Waals surface area contributed by atoms with Crippen molar-refractivity contribution in [3.8, 4) is 0 Å². The first-order chi connectivity index (χ1) is 12.1. The van der Waals surface area contributed by atoms with Crippen molar-refractivity contribution in [2.75, 3.05) is 19.6 Å². The monoisotopic (exact) mass is 356 g/mol. The summed E-state index contributed by atoms with van der Waals surface area (Å²) in [5.41, 5.74) is 4.35. The maximum Gasteiger partial charge on any atom is 0.251 e. The Morgan fingerprint density at radius 1 is 1.12 bits per heavy atom. The summed E-state index contributed by atoms with van der Waals surface area (Å²) in [6, 6.07) is 8.51. The molecule has 0 saturated carbocycles. The van der Waals surface area contributed by atoms with E-state index < -0.39 is 0 Å². The van der Waals surface area contributed by atoms with Crippen LogP contribution < -0.4 is 5.32 Å². The molecule has 1 saturated heterocycles. The Balaban J connectivity index is 1.70. The molecule has 0 bridgehead atoms. The molecule has 134 valence electrons. The molecule has 25 heavy (non-hydrogen) atoms. The first kappa shape index (κ1) is 18.2. The molecule has 1 N–H and O–H groups in total. The van der Waals surface area contributed by atoms with Crippen molar-refractivity contribution >= 4 is 17.2 Å². The van der Waals surface area contributed by atoms with Crippen molar-refractivity contribution in [3.63, 3.8) is 0 Å². The van der Waals surface area contributed by atoms with Crippen molar-refractivity contribution in [1.82, 2.24) is 10.2 Å². The van der Waals surface area contributed by atoms with E-state index >= 15 is 0 Å². The van der Waals surface area contributed by atoms with Gasteiger partial charge in [0, 0.05) is 12.1 Å². The molecule has 1 aromatic heterocycles. The van der Waals surface area contributed by atoms with E-state index in [-0.39, 0.29) is 11.9 Å². The van der Waals surface area contributed by atoms with Crippen LogP contribution in [-0.2, 0) is 0 Å². The molecule has 1 aliphatic rings. The molecule has 1 atom stereocenters. The van der Waals surface area contributed by atoms with Crippen molar-refractivity contribution < 1.29 is 4.79 Å². The minimum absolute atomic E-state index is 0.0295. The smallest absolute Gasteiger partial charge is 0.251 e. The Morgan fingerprint density at radius 3 is 2.40 bits per heavy atom. The highest BCUT2D eigenvalue weighted by Crippen LogP contribution is 2.25. The highest BCUT2D eigenvalue weighted by Gasteiger charge is 2.22. The second-order valence-corrected chi connectivity index (χ2v) is 7.89. The van der Waals surface area contributed by atoms with E-state index in [4.69, 9.17) is 0 Å². The van der Waals surface area contributed by atoms with Gasteiger partial charge < -0.3 is 5.32 Å². The fourth-order valence-corrected chi connectivity index (χ4v) is 4.43. The third-order valence-electron chi connectivity index (χ3n) is 4.95. The average Bonchev–Trinajstić information content (AvgIpc) is 2.97. The third-order valence-corrected chi connectivity index (χ3v) is 5.65. The summed E-state index contributed by atoms with van der Waals surface area (Å²) in [7, 11) is 0. The fourth-order valence-electron chi connectivity index (χ4n) is 3.73. The zero-order valence-corrected chi connectivity index (χ0v) is 16.1. The van der Waals surface area contributed by atoms with Crippen LogP contribution in [0.3, 0.4) is 0 Å². The molecule has 1 amide bonds. The summed E-state index contributed by atoms with van der Waals surface area (Å²) in [5, 5.41) is 7.54. The summed E-state index contributed by atoms with van der Waals surface area (Å²) >= 11 is 1.73. The number of aryl methyl sites for hydroxylation is 2. The summed E-state index contributed by atoms with van der Waals surface area (Å²) in [5.74, 6) is 0.0295. The number of rotatable bonds is 5. The molecule has 2 heterocycles. The van der Waals surface area contributed by atoms with Gasteiger partial charge >= 0.3 is 0 Å². The van der Waals surface area contributed by atoms with Gasteiger partial charge in [-0.05, 0) is 74.3 Å². The number of nitrogens with zero attached hydrogens (tertiary/aromatic N) is 1. The Kier molecular flexibility index (Phi) is 6.27. The van der Waals surface area contributed by atoms with Gasteiger partial charge in [0.1, 0.15) is 0 Å². The predicted octanol–water partition coefficient (Wildman–Crippen LogP) is 4.71. The van der Waals surface area contributed by atoms with Gasteiger partial charge in [0.05, 0.1) is 6.04 Å². The van der Waals surface area contributed by atoms with E-state index in [1.165, 1.54) is 31.2 Å². The van der Waals surface area contributed by atoms with Crippen LogP contribution in [-0.4, -0.2) is 30.4 Å². The van der Waals surface area contributed by atoms with Crippen molar-refractivity contribution in [3.05, 3.63) is 57.3 Å². The SMILES string of the molecule is Cc1cc(C)cc(C(=O)NCC(c2ccsc2)N2CCCCCC2)c1. The number of amides is 1. The van der Waals surface area contributed by atoms with Crippen LogP contribution in [0.4, 0.5) is 0 Å². The van der Waals surface area contributed by atoms with Gasteiger partial charge in [0.2, 0.25) is 0 Å². The Bertz CT molecular complexity index is 668. The average molecular weight is 357 g/mol. The highest BCUT2D eigenvalue weighted by atomic mass is 32.1. The van der Waals surface area contributed by atoms with Crippen LogP contribution in [0.15, 0.2) is 35.0 Å². The summed E-state index contributed by atoms with van der Waals surface area (Å²) in [6.45, 7) is 6.99. The highest BCUT2D eigenvalue weighted by molar-refractivity contribution is 7.07. The van der Waals surface area contributed by atoms with Crippen LogP contribution in [0, 0.1) is 13.8 Å². The first-order valence-corrected chi connectivity index (χ1v) is 10.2. The molecule has 1 aliphatic heterocycles. The number of thiophene rings is 1. The summed E-state index contributed by atoms with van der Waals surface area (Å²) in [6.07, 6.45) is 5.15. The number of nitrogens with one attached hydrogen (secondary N) is 1. The van der Waals surface area contributed by atoms with Gasteiger partial charge in [-0.3, -0.25) is 9.69 Å². The lowest BCUT2D eigenvalue weighted by molar-refractivity contribution is 0.0933. The van der Waals surface area contributed by atoms with Gasteiger partial charge in [0.15, 0.2) is 0 Å². The predicted molar refractivity (Wildman–Crippen MR) is 105 cm³/mol. The minimum Gasteiger partial charge on any atom is -0.350 e. The van der Waals surface area contributed by atoms with Crippen LogP contribution in [0.5, 0.6) is 0 Å². The normalized spacial score (nSPS) is 17.0. The second-order valence-electron chi connectivity index (χ2n) is 7.11. The molecule has 1 unspecified atom stereocenters. The molecule has 1 fully saturated rings. The van der Waals surface area contributed by atoms with E-state index in [1.807, 2.05) is 26.0 Å². The maximum atomic E-state index is 12.6. The van der Waals surface area contributed by atoms with Crippen molar-refractivity contribution in [1.29, 1.82) is 0 Å². The zero-order valence-electron chi connectivity index (χ0n) is 15.3. The van der Waals surface area contributed by atoms with Crippen LogP contribution in [0.25, 0.3) is 0 Å². The Labute approximate surface area is 155 Å². The minimum atomic E-state index is 0.0295. The molecule has 0 spiro atoms. The van der Waals surface area contributed by atoms with E-state index in [0.29, 0.717) is 6.54 Å². The molecule has 0 aliphatic carbocycles. The Hall–Kier alpha value is -1.65. The van der Waals surface area contributed by atoms with Crippen molar-refractivity contribution in [2.24, 2.45) is 0 Å². The van der Waals surface area contributed by atoms with Gasteiger partial charge in [0.25, 0.3) is 5.91 Å². The van der Waals surface area contributed by atoms with Crippen molar-refractivity contribution in [2.45, 2.75) is 45.6 Å². The van der Waals surface area contributed by atoms with Gasteiger partial charge in [-0.15, -0.1) is 0 Å². The van der Waals surface area contributed by atoms with Gasteiger partial charge in [-0.25, -0.2) is 0 Å². The zero-order chi connectivity index (χ0) is 17.6. The topological polar surface area (TPSA) is 32.3 Å². The first-order valence-electron chi connectivity index (χ1n) is 9.26. The second kappa shape index (κ2) is 8.63. The lowest BCUT2D eigenvalue weighted by atomic mass is 10.1. The van der Waals surface area contributed by atoms with Crippen LogP contribution >= 0.6 is 11.3 Å². The third kappa shape index (κ3) is 4.93. The molecular formula is C21H28N2OS. The summed E-state index contributed by atoms with van der Waals surface area (Å²) < 4.78 is 0. The lowest BCUT2D eigenvalue weighted by Gasteiger charge is -2.30. The van der Waals surface area contributed by atoms with Crippen LogP contribution in [0.1, 0.15) is 58.8 Å². The molecule has 3 nitrogen and oxygen atoms in total. The number of carbonyl (C=O) groups is 1. The number of likely N-dealkylation sites (tertiary alicyclic amines) is 1. The van der Waals surface area contributed by atoms with E-state index in [0.717, 1.165) is 29.8 Å². The molecule has 4 heteroatoms. The molecule has 1 aromatic carbocycles. The Morgan fingerprint density at radius 2 is 1.80 bits per heavy atom. The van der Waals surface area contributed by atoms with E-state index in [2.05, 4.69) is 33.1 Å². The number of hydrogen-bond acceptors (Lipinski definition) is 3. The largest absolute Gasteiger partial charge is 0.350 e. The fraction of sp³-hybridized carbons (Fsp3) is 0.476. The summed E-state index contributed by atoms with van der Waals surface area (Å²) in [4.78, 5) is 15.2.